The van der Waals surface area contributed by atoms with Gasteiger partial charge in [-0.15, -0.1) is 0 Å². The van der Waals surface area contributed by atoms with Gasteiger partial charge in [0.2, 0.25) is 5.91 Å². The topological polar surface area (TPSA) is 126 Å². The molecule has 0 radical (unpaired) electrons. The lowest BCUT2D eigenvalue weighted by atomic mass is 9.96. The second-order valence-electron chi connectivity index (χ2n) is 9.61. The molecule has 206 valence electrons. The van der Waals surface area contributed by atoms with Crippen molar-refractivity contribution in [2.24, 2.45) is 0 Å². The summed E-state index contributed by atoms with van der Waals surface area (Å²) in [4.78, 5) is 45.6. The van der Waals surface area contributed by atoms with Crippen molar-refractivity contribution in [1.82, 2.24) is 24.4 Å². The lowest BCUT2D eigenvalue weighted by Gasteiger charge is -2.46. The molecule has 0 unspecified atom stereocenters. The van der Waals surface area contributed by atoms with Gasteiger partial charge in [-0.2, -0.15) is 18.3 Å². The zero-order valence-electron chi connectivity index (χ0n) is 20.8. The molecule has 2 N–H and O–H groups in total. The number of benzene rings is 1. The molecule has 1 aromatic carbocycles. The molecule has 0 saturated carbocycles. The number of alkyl halides is 3. The number of anilines is 2. The van der Waals surface area contributed by atoms with Crippen LogP contribution in [0.15, 0.2) is 30.6 Å². The van der Waals surface area contributed by atoms with Crippen molar-refractivity contribution in [3.8, 4) is 11.3 Å². The second kappa shape index (κ2) is 9.10. The van der Waals surface area contributed by atoms with E-state index in [4.69, 9.17) is 10.5 Å². The van der Waals surface area contributed by atoms with Crippen molar-refractivity contribution >= 4 is 34.9 Å². The molecule has 4 heterocycles. The molecule has 0 aliphatic carbocycles. The van der Waals surface area contributed by atoms with E-state index in [0.717, 1.165) is 27.9 Å². The molecule has 15 heteroatoms. The van der Waals surface area contributed by atoms with E-state index in [9.17, 15) is 27.6 Å². The highest BCUT2D eigenvalue weighted by Crippen LogP contribution is 2.40. The molecule has 3 amide bonds. The third kappa shape index (κ3) is 4.36. The van der Waals surface area contributed by atoms with Crippen LogP contribution in [-0.4, -0.2) is 80.6 Å². The van der Waals surface area contributed by atoms with Crippen LogP contribution < -0.4 is 10.6 Å². The van der Waals surface area contributed by atoms with E-state index in [1.165, 1.54) is 35.8 Å². The Balaban J connectivity index is 1.48. The van der Waals surface area contributed by atoms with Crippen molar-refractivity contribution in [1.29, 1.82) is 0 Å². The summed E-state index contributed by atoms with van der Waals surface area (Å²) in [6.45, 7) is 3.08. The number of piperazine rings is 1. The number of nitrogen functional groups attached to an aromatic ring is 1. The van der Waals surface area contributed by atoms with Crippen molar-refractivity contribution in [3.63, 3.8) is 0 Å². The van der Waals surface area contributed by atoms with E-state index in [1.807, 2.05) is 0 Å². The van der Waals surface area contributed by atoms with E-state index in [1.54, 1.807) is 0 Å². The third-order valence-electron chi connectivity index (χ3n) is 6.88. The minimum absolute atomic E-state index is 0.0279. The number of cyclic esters (lactones) is 1. The minimum atomic E-state index is -4.76. The van der Waals surface area contributed by atoms with Gasteiger partial charge in [0, 0.05) is 18.7 Å². The summed E-state index contributed by atoms with van der Waals surface area (Å²) in [6.07, 6.45) is -4.39. The molecule has 5 rings (SSSR count). The van der Waals surface area contributed by atoms with Crippen LogP contribution in [0.4, 0.5) is 33.9 Å². The van der Waals surface area contributed by atoms with Crippen LogP contribution in [0, 0.1) is 5.82 Å². The Morgan fingerprint density at radius 1 is 1.15 bits per heavy atom. The molecule has 2 aromatic heterocycles. The number of rotatable bonds is 4. The molecule has 2 aliphatic heterocycles. The Labute approximate surface area is 218 Å². The summed E-state index contributed by atoms with van der Waals surface area (Å²) in [5.74, 6) is -2.25. The molecule has 11 nitrogen and oxygen atoms in total. The fraction of sp³-hybridized carbons (Fsp3) is 0.375. The second-order valence-corrected chi connectivity index (χ2v) is 9.61. The highest BCUT2D eigenvalue weighted by Gasteiger charge is 2.46. The number of amides is 3. The van der Waals surface area contributed by atoms with E-state index < -0.39 is 46.5 Å². The van der Waals surface area contributed by atoms with Gasteiger partial charge < -0.3 is 20.3 Å². The molecule has 0 atom stereocenters. The molecular formula is C24H23F4N7O4. The molecule has 0 spiro atoms. The highest BCUT2D eigenvalue weighted by atomic mass is 19.4. The van der Waals surface area contributed by atoms with Gasteiger partial charge in [-0.1, -0.05) is 0 Å². The van der Waals surface area contributed by atoms with E-state index in [0.29, 0.717) is 0 Å². The first-order chi connectivity index (χ1) is 18.3. The van der Waals surface area contributed by atoms with Crippen molar-refractivity contribution in [3.05, 3.63) is 42.0 Å². The van der Waals surface area contributed by atoms with Gasteiger partial charge in [0.05, 0.1) is 23.5 Å². The molecule has 39 heavy (non-hydrogen) atoms. The fourth-order valence-corrected chi connectivity index (χ4v) is 4.88. The number of nitrogens with two attached hydrogens (primary N) is 1. The first kappa shape index (κ1) is 26.2. The van der Waals surface area contributed by atoms with Crippen molar-refractivity contribution in [2.45, 2.75) is 25.6 Å². The predicted octanol–water partition coefficient (Wildman–Crippen LogP) is 2.54. The summed E-state index contributed by atoms with van der Waals surface area (Å²) in [5, 5.41) is 3.90. The average molecular weight is 549 g/mol. The van der Waals surface area contributed by atoms with Gasteiger partial charge in [0.25, 0.3) is 5.91 Å². The van der Waals surface area contributed by atoms with E-state index in [-0.39, 0.29) is 55.5 Å². The van der Waals surface area contributed by atoms with Crippen LogP contribution in [0.3, 0.4) is 0 Å². The van der Waals surface area contributed by atoms with Crippen molar-refractivity contribution in [2.75, 3.05) is 43.4 Å². The maximum absolute atomic E-state index is 15.1. The van der Waals surface area contributed by atoms with Crippen LogP contribution in [0.1, 0.15) is 19.4 Å². The Morgan fingerprint density at radius 2 is 1.90 bits per heavy atom. The van der Waals surface area contributed by atoms with Crippen LogP contribution in [0.25, 0.3) is 16.8 Å². The maximum Gasteiger partial charge on any atom is 0.418 e. The van der Waals surface area contributed by atoms with Gasteiger partial charge in [-0.05, 0) is 38.1 Å². The van der Waals surface area contributed by atoms with Gasteiger partial charge in [0.1, 0.15) is 36.4 Å². The predicted molar refractivity (Wildman–Crippen MR) is 129 cm³/mol. The smallest absolute Gasteiger partial charge is 0.418 e. The molecular weight excluding hydrogens is 526 g/mol. The molecule has 2 fully saturated rings. The molecule has 2 aliphatic rings. The average Bonchev–Trinajstić information content (AvgIpc) is 3.45. The largest absolute Gasteiger partial charge is 0.448 e. The zero-order chi connectivity index (χ0) is 28.3. The van der Waals surface area contributed by atoms with E-state index >= 15 is 4.39 Å². The lowest BCUT2D eigenvalue weighted by molar-refractivity contribution is -0.147. The number of nitrogens with zero attached hydrogens (tertiary/aromatic N) is 6. The third-order valence-corrected chi connectivity index (χ3v) is 6.88. The van der Waals surface area contributed by atoms with Crippen LogP contribution in [0.5, 0.6) is 0 Å². The summed E-state index contributed by atoms with van der Waals surface area (Å²) in [5.41, 5.74) is 2.73. The van der Waals surface area contributed by atoms with Gasteiger partial charge >= 0.3 is 12.3 Å². The van der Waals surface area contributed by atoms with Gasteiger partial charge in [0.15, 0.2) is 5.82 Å². The fourth-order valence-electron chi connectivity index (χ4n) is 4.88. The SMILES string of the molecule is CC1(C)C(=O)N(c2cc(-c3cc(C(F)(F)F)c4c(N)ncnn34)ccc2F)CCN1C(=O)CN1CCOC1=O. The molecule has 0 bridgehead atoms. The van der Waals surface area contributed by atoms with Gasteiger partial charge in [-0.25, -0.2) is 18.7 Å². The number of aromatic nitrogens is 3. The number of halogens is 4. The highest BCUT2D eigenvalue weighted by molar-refractivity contribution is 6.03. The monoisotopic (exact) mass is 549 g/mol. The Kier molecular flexibility index (Phi) is 6.11. The Morgan fingerprint density at radius 3 is 2.56 bits per heavy atom. The number of hydrogen-bond acceptors (Lipinski definition) is 7. The van der Waals surface area contributed by atoms with Crippen LogP contribution >= 0.6 is 0 Å². The number of ether oxygens (including phenoxy) is 1. The summed E-state index contributed by atoms with van der Waals surface area (Å²) >= 11 is 0. The maximum atomic E-state index is 15.1. The number of carbonyl (C=O) groups is 3. The van der Waals surface area contributed by atoms with Crippen LogP contribution in [0.2, 0.25) is 0 Å². The lowest BCUT2D eigenvalue weighted by Crippen LogP contribution is -2.66. The quantitative estimate of drug-likeness (QED) is 0.496. The normalized spacial score (nSPS) is 17.7. The Hall–Kier alpha value is -4.43. The van der Waals surface area contributed by atoms with E-state index in [2.05, 4.69) is 10.1 Å². The molecule has 2 saturated heterocycles. The first-order valence-electron chi connectivity index (χ1n) is 11.8. The van der Waals surface area contributed by atoms with Gasteiger partial charge in [-0.3, -0.25) is 14.5 Å². The summed E-state index contributed by atoms with van der Waals surface area (Å²) in [7, 11) is 0. The number of fused-ring (bicyclic) bond motifs is 1. The number of carbonyl (C=O) groups excluding carboxylic acids is 3. The Bertz CT molecular complexity index is 1500. The first-order valence-corrected chi connectivity index (χ1v) is 11.8. The minimum Gasteiger partial charge on any atom is -0.448 e. The van der Waals surface area contributed by atoms with Crippen LogP contribution in [-0.2, 0) is 20.5 Å². The standard InChI is InChI=1S/C24H23F4N7O4/c1-23(2)21(37)33(5-6-34(23)18(36)11-32-7-8-39-22(32)38)17-9-13(3-4-15(17)25)16-10-14(24(26,27)28)19-20(29)30-12-31-35(16)19/h3-4,9-10,12H,5-8,11H2,1-2H3,(H2,29,30,31). The van der Waals surface area contributed by atoms with Crippen molar-refractivity contribution < 1.29 is 36.7 Å². The molecule has 3 aromatic rings. The summed E-state index contributed by atoms with van der Waals surface area (Å²) < 4.78 is 62.1. The summed E-state index contributed by atoms with van der Waals surface area (Å²) in [6, 6.07) is 4.40. The zero-order valence-corrected chi connectivity index (χ0v) is 20.8. The number of hydrogen-bond donors (Lipinski definition) is 1.